The summed E-state index contributed by atoms with van der Waals surface area (Å²) in [6, 6.07) is 5.83. The van der Waals surface area contributed by atoms with Crippen molar-refractivity contribution in [3.63, 3.8) is 0 Å². The van der Waals surface area contributed by atoms with Gasteiger partial charge in [-0.2, -0.15) is 0 Å². The first-order chi connectivity index (χ1) is 12.1. The number of nitrogens with zero attached hydrogens (tertiary/aromatic N) is 4. The Morgan fingerprint density at radius 1 is 1.16 bits per heavy atom. The third-order valence-electron chi connectivity index (χ3n) is 4.57. The Morgan fingerprint density at radius 3 is 2.64 bits per heavy atom. The van der Waals surface area contributed by atoms with Gasteiger partial charge in [0.1, 0.15) is 23.4 Å². The Kier molecular flexibility index (Phi) is 5.60. The molecule has 0 aliphatic carbocycles. The van der Waals surface area contributed by atoms with E-state index in [2.05, 4.69) is 28.4 Å². The summed E-state index contributed by atoms with van der Waals surface area (Å²) in [6.45, 7) is 6.46. The van der Waals surface area contributed by atoms with Crippen molar-refractivity contribution in [2.75, 3.05) is 0 Å². The zero-order valence-electron chi connectivity index (χ0n) is 14.8. The maximum absolute atomic E-state index is 6.39. The second-order valence-corrected chi connectivity index (χ2v) is 7.10. The lowest BCUT2D eigenvalue weighted by Gasteiger charge is -2.18. The Bertz CT molecular complexity index is 889. The lowest BCUT2D eigenvalue weighted by Crippen LogP contribution is -2.10. The first kappa shape index (κ1) is 18.2. The molecule has 2 heterocycles. The van der Waals surface area contributed by atoms with E-state index in [1.807, 2.05) is 19.1 Å². The zero-order chi connectivity index (χ0) is 18.0. The van der Waals surface area contributed by atoms with E-state index in [1.54, 1.807) is 12.4 Å². The molecule has 4 nitrogen and oxygen atoms in total. The smallest absolute Gasteiger partial charge is 0.164 e. The third kappa shape index (κ3) is 3.51. The van der Waals surface area contributed by atoms with E-state index in [-0.39, 0.29) is 0 Å². The minimum Gasteiger partial charge on any atom is -0.310 e. The van der Waals surface area contributed by atoms with Gasteiger partial charge in [0.05, 0.1) is 5.02 Å². The molecule has 0 bridgehead atoms. The van der Waals surface area contributed by atoms with Gasteiger partial charge in [0.15, 0.2) is 5.65 Å². The highest BCUT2D eigenvalue weighted by Gasteiger charge is 2.20. The normalized spacial score (nSPS) is 12.7. The predicted octanol–water partition coefficient (Wildman–Crippen LogP) is 6.25. The predicted molar refractivity (Wildman–Crippen MR) is 104 cm³/mol. The van der Waals surface area contributed by atoms with Crippen LogP contribution in [0, 0.1) is 6.92 Å². The fourth-order valence-corrected chi connectivity index (χ4v) is 3.79. The number of hydrogen-bond donors (Lipinski definition) is 0. The molecular weight excluding hydrogens is 355 g/mol. The molecule has 0 aliphatic heterocycles. The van der Waals surface area contributed by atoms with Crippen LogP contribution in [0.25, 0.3) is 22.4 Å². The number of aromatic nitrogens is 4. The summed E-state index contributed by atoms with van der Waals surface area (Å²) in [5, 5.41) is 1.17. The average molecular weight is 377 g/mol. The zero-order valence-corrected chi connectivity index (χ0v) is 16.3. The highest BCUT2D eigenvalue weighted by Crippen LogP contribution is 2.34. The summed E-state index contributed by atoms with van der Waals surface area (Å²) in [5.74, 6) is 0.963. The van der Waals surface area contributed by atoms with Crippen molar-refractivity contribution >= 4 is 34.4 Å². The number of rotatable bonds is 6. The quantitative estimate of drug-likeness (QED) is 0.510. The second kappa shape index (κ2) is 7.71. The lowest BCUT2D eigenvalue weighted by atomic mass is 10.1. The molecule has 0 N–H and O–H groups in total. The van der Waals surface area contributed by atoms with Crippen LogP contribution in [-0.4, -0.2) is 19.5 Å². The highest BCUT2D eigenvalue weighted by atomic mass is 35.5. The fraction of sp³-hybridized carbons (Fsp3) is 0.421. The molecule has 3 aromatic rings. The van der Waals surface area contributed by atoms with E-state index in [0.29, 0.717) is 16.1 Å². The van der Waals surface area contributed by atoms with Crippen LogP contribution in [0.4, 0.5) is 0 Å². The molecule has 0 aliphatic rings. The van der Waals surface area contributed by atoms with Crippen LogP contribution in [0.2, 0.25) is 10.0 Å². The van der Waals surface area contributed by atoms with Gasteiger partial charge in [0, 0.05) is 16.6 Å². The molecule has 0 amide bonds. The molecule has 1 unspecified atom stereocenters. The number of hydrogen-bond acceptors (Lipinski definition) is 3. The van der Waals surface area contributed by atoms with Crippen molar-refractivity contribution in [2.24, 2.45) is 0 Å². The van der Waals surface area contributed by atoms with Gasteiger partial charge in [-0.25, -0.2) is 15.0 Å². The molecule has 3 rings (SSSR count). The molecular formula is C19H22Cl2N4. The maximum atomic E-state index is 6.39. The number of benzene rings is 1. The number of unbranched alkanes of at least 4 members (excludes halogenated alkanes) is 1. The summed E-state index contributed by atoms with van der Waals surface area (Å²) >= 11 is 12.4. The summed E-state index contributed by atoms with van der Waals surface area (Å²) in [4.78, 5) is 13.8. The van der Waals surface area contributed by atoms with Crippen molar-refractivity contribution in [2.45, 2.75) is 52.5 Å². The Hall–Kier alpha value is -1.65. The van der Waals surface area contributed by atoms with Crippen LogP contribution < -0.4 is 0 Å². The van der Waals surface area contributed by atoms with Crippen LogP contribution in [-0.2, 0) is 0 Å². The van der Waals surface area contributed by atoms with Gasteiger partial charge < -0.3 is 4.57 Å². The Morgan fingerprint density at radius 2 is 1.96 bits per heavy atom. The molecule has 6 heteroatoms. The molecule has 25 heavy (non-hydrogen) atoms. The standard InChI is InChI=1S/C19H22Cl2N4/c1-4-6-7-14(5-2)25-12(3)24-18-17(22-11-23-19(18)25)15-9-8-13(20)10-16(15)21/h8-11,14H,4-7H2,1-3H3. The number of fused-ring (bicyclic) bond motifs is 1. The van der Waals surface area contributed by atoms with Gasteiger partial charge in [-0.3, -0.25) is 0 Å². The number of halogens is 2. The minimum atomic E-state index is 0.397. The third-order valence-corrected chi connectivity index (χ3v) is 5.11. The maximum Gasteiger partial charge on any atom is 0.164 e. The first-order valence-electron chi connectivity index (χ1n) is 8.71. The van der Waals surface area contributed by atoms with E-state index in [1.165, 1.54) is 12.8 Å². The van der Waals surface area contributed by atoms with E-state index in [9.17, 15) is 0 Å². The molecule has 0 saturated carbocycles. The van der Waals surface area contributed by atoms with Gasteiger partial charge in [0.2, 0.25) is 0 Å². The van der Waals surface area contributed by atoms with Gasteiger partial charge >= 0.3 is 0 Å². The van der Waals surface area contributed by atoms with E-state index >= 15 is 0 Å². The van der Waals surface area contributed by atoms with Gasteiger partial charge in [-0.1, -0.05) is 49.9 Å². The topological polar surface area (TPSA) is 43.6 Å². The molecule has 0 radical (unpaired) electrons. The molecule has 1 aromatic carbocycles. The van der Waals surface area contributed by atoms with Gasteiger partial charge in [0.25, 0.3) is 0 Å². The monoisotopic (exact) mass is 376 g/mol. The van der Waals surface area contributed by atoms with Crippen LogP contribution in [0.5, 0.6) is 0 Å². The molecule has 1 atom stereocenters. The minimum absolute atomic E-state index is 0.397. The van der Waals surface area contributed by atoms with Crippen LogP contribution >= 0.6 is 23.2 Å². The lowest BCUT2D eigenvalue weighted by molar-refractivity contribution is 0.436. The van der Waals surface area contributed by atoms with Gasteiger partial charge in [-0.15, -0.1) is 0 Å². The van der Waals surface area contributed by atoms with E-state index < -0.39 is 0 Å². The Balaban J connectivity index is 2.16. The summed E-state index contributed by atoms with van der Waals surface area (Å²) in [7, 11) is 0. The average Bonchev–Trinajstić information content (AvgIpc) is 2.92. The summed E-state index contributed by atoms with van der Waals surface area (Å²) in [5.41, 5.74) is 3.24. The SMILES string of the molecule is CCCCC(CC)n1c(C)nc2c(-c3ccc(Cl)cc3Cl)ncnc21. The van der Waals surface area contributed by atoms with E-state index in [4.69, 9.17) is 28.2 Å². The summed E-state index contributed by atoms with van der Waals surface area (Å²) in [6.07, 6.45) is 6.14. The molecule has 2 aromatic heterocycles. The van der Waals surface area contributed by atoms with Gasteiger partial charge in [-0.05, 0) is 38.0 Å². The second-order valence-electron chi connectivity index (χ2n) is 6.25. The van der Waals surface area contributed by atoms with Crippen LogP contribution in [0.15, 0.2) is 24.5 Å². The number of aryl methyl sites for hydroxylation is 1. The van der Waals surface area contributed by atoms with Crippen molar-refractivity contribution in [3.05, 3.63) is 40.4 Å². The largest absolute Gasteiger partial charge is 0.310 e. The molecule has 132 valence electrons. The Labute approximate surface area is 158 Å². The summed E-state index contributed by atoms with van der Waals surface area (Å²) < 4.78 is 2.25. The molecule has 0 fully saturated rings. The molecule has 0 spiro atoms. The van der Waals surface area contributed by atoms with Crippen LogP contribution in [0.3, 0.4) is 0 Å². The number of imidazole rings is 1. The fourth-order valence-electron chi connectivity index (χ4n) is 3.29. The highest BCUT2D eigenvalue weighted by molar-refractivity contribution is 6.36. The van der Waals surface area contributed by atoms with E-state index in [0.717, 1.165) is 41.1 Å². The first-order valence-corrected chi connectivity index (χ1v) is 9.47. The van der Waals surface area contributed by atoms with Crippen molar-refractivity contribution in [3.8, 4) is 11.3 Å². The van der Waals surface area contributed by atoms with Crippen molar-refractivity contribution < 1.29 is 0 Å². The van der Waals surface area contributed by atoms with Crippen molar-refractivity contribution in [1.82, 2.24) is 19.5 Å². The molecule has 0 saturated heterocycles. The van der Waals surface area contributed by atoms with Crippen LogP contribution in [0.1, 0.15) is 51.4 Å². The van der Waals surface area contributed by atoms with Crippen molar-refractivity contribution in [1.29, 1.82) is 0 Å².